The van der Waals surface area contributed by atoms with E-state index in [1.54, 1.807) is 45.0 Å². The van der Waals surface area contributed by atoms with E-state index in [9.17, 15) is 14.0 Å². The fourth-order valence-corrected chi connectivity index (χ4v) is 3.11. The summed E-state index contributed by atoms with van der Waals surface area (Å²) >= 11 is 0. The number of ether oxygens (including phenoxy) is 1. The van der Waals surface area contributed by atoms with Crippen LogP contribution in [0.4, 0.5) is 9.18 Å². The zero-order chi connectivity index (χ0) is 21.9. The molecule has 2 atom stereocenters. The van der Waals surface area contributed by atoms with Gasteiger partial charge >= 0.3 is 17.9 Å². The van der Waals surface area contributed by atoms with Crippen molar-refractivity contribution in [2.75, 3.05) is 13.2 Å². The van der Waals surface area contributed by atoms with Crippen LogP contribution >= 0.6 is 0 Å². The van der Waals surface area contributed by atoms with Crippen LogP contribution in [-0.2, 0) is 4.74 Å². The van der Waals surface area contributed by atoms with E-state index in [-0.39, 0.29) is 24.7 Å². The molecule has 0 bridgehead atoms. The molecular weight excluding hydrogens is 393 g/mol. The van der Waals surface area contributed by atoms with Gasteiger partial charge in [-0.3, -0.25) is 4.79 Å². The molecule has 158 valence electrons. The third-order valence-electron chi connectivity index (χ3n) is 4.41. The number of carbonyl (C=O) groups is 2. The van der Waals surface area contributed by atoms with Crippen molar-refractivity contribution >= 4 is 12.0 Å². The van der Waals surface area contributed by atoms with Gasteiger partial charge in [0.2, 0.25) is 5.89 Å². The largest absolute Gasteiger partial charge is 0.444 e. The molecule has 30 heavy (non-hydrogen) atoms. The van der Waals surface area contributed by atoms with Crippen LogP contribution in [0, 0.1) is 11.3 Å². The number of nitriles is 1. The van der Waals surface area contributed by atoms with Crippen LogP contribution < -0.4 is 5.32 Å². The van der Waals surface area contributed by atoms with Gasteiger partial charge in [-0.1, -0.05) is 6.07 Å². The fourth-order valence-electron chi connectivity index (χ4n) is 3.11. The average Bonchev–Trinajstić information content (AvgIpc) is 3.34. The number of nitrogens with one attached hydrogen (secondary N) is 1. The molecule has 2 amide bonds. The van der Waals surface area contributed by atoms with Crippen molar-refractivity contribution in [3.8, 4) is 17.5 Å². The number of alkyl halides is 1. The Morgan fingerprint density at radius 3 is 2.83 bits per heavy atom. The molecule has 0 radical (unpaired) electrons. The van der Waals surface area contributed by atoms with Crippen LogP contribution in [0.5, 0.6) is 0 Å². The minimum atomic E-state index is -0.744. The van der Waals surface area contributed by atoms with Gasteiger partial charge in [-0.05, 0) is 45.4 Å². The predicted molar refractivity (Wildman–Crippen MR) is 103 cm³/mol. The average molecular weight is 415 g/mol. The molecule has 1 fully saturated rings. The van der Waals surface area contributed by atoms with Crippen molar-refractivity contribution in [1.29, 1.82) is 5.26 Å². The first-order chi connectivity index (χ1) is 14.2. The molecule has 2 heterocycles. The van der Waals surface area contributed by atoms with E-state index >= 15 is 0 Å². The Bertz CT molecular complexity index is 978. The molecule has 1 N–H and O–H groups in total. The van der Waals surface area contributed by atoms with Gasteiger partial charge in [0.25, 0.3) is 0 Å². The topological polar surface area (TPSA) is 121 Å². The maximum absolute atomic E-state index is 13.4. The molecule has 10 heteroatoms. The minimum absolute atomic E-state index is 0.0979. The first-order valence-electron chi connectivity index (χ1n) is 9.40. The second-order valence-corrected chi connectivity index (χ2v) is 7.95. The van der Waals surface area contributed by atoms with Crippen molar-refractivity contribution < 1.29 is 23.1 Å². The van der Waals surface area contributed by atoms with Gasteiger partial charge in [-0.2, -0.15) is 5.26 Å². The van der Waals surface area contributed by atoms with E-state index in [0.717, 1.165) is 0 Å². The number of likely N-dealkylation sites (tertiary alicyclic amines) is 1. The third-order valence-corrected chi connectivity index (χ3v) is 4.41. The highest BCUT2D eigenvalue weighted by Crippen LogP contribution is 2.23. The monoisotopic (exact) mass is 415 g/mol. The number of carbonyl (C=O) groups excluding carboxylic acids is 2. The summed E-state index contributed by atoms with van der Waals surface area (Å²) in [5, 5.41) is 19.3. The zero-order valence-corrected chi connectivity index (χ0v) is 16.9. The number of hydrogen-bond donors (Lipinski definition) is 1. The lowest BCUT2D eigenvalue weighted by molar-refractivity contribution is 0.0204. The lowest BCUT2D eigenvalue weighted by atomic mass is 10.1. The summed E-state index contributed by atoms with van der Waals surface area (Å²) in [7, 11) is 0. The first kappa shape index (κ1) is 21.2. The highest BCUT2D eigenvalue weighted by molar-refractivity contribution is 5.90. The number of hydrogen-bond acceptors (Lipinski definition) is 7. The van der Waals surface area contributed by atoms with Gasteiger partial charge in [0.05, 0.1) is 17.7 Å². The maximum Gasteiger partial charge on any atom is 0.410 e. The lowest BCUT2D eigenvalue weighted by Crippen LogP contribution is -2.42. The summed E-state index contributed by atoms with van der Waals surface area (Å²) in [6.45, 7) is 4.55. The maximum atomic E-state index is 13.4. The molecule has 0 spiro atoms. The van der Waals surface area contributed by atoms with E-state index in [1.807, 2.05) is 6.07 Å². The normalized spacial score (nSPS) is 18.7. The van der Waals surface area contributed by atoms with Gasteiger partial charge in [-0.15, -0.1) is 10.2 Å². The molecule has 0 unspecified atom stereocenters. The number of halogens is 1. The molecule has 2 aromatic rings. The molecule has 1 aromatic carbocycles. The Morgan fingerprint density at radius 2 is 2.17 bits per heavy atom. The Kier molecular flexibility index (Phi) is 6.01. The Balaban J connectivity index is 1.66. The number of aromatic nitrogens is 2. The SMILES string of the molecule is CC(C)(C)OC(=O)N1C[C@H](NC(=O)c2nnc(-c3cccc(C#N)c3)o2)C[C@H]1CF. The fraction of sp³-hybridized carbons (Fsp3) is 0.450. The molecule has 1 aromatic heterocycles. The summed E-state index contributed by atoms with van der Waals surface area (Å²) in [6.07, 6.45) is -0.383. The van der Waals surface area contributed by atoms with E-state index in [1.165, 1.54) is 4.90 Å². The highest BCUT2D eigenvalue weighted by Gasteiger charge is 2.38. The Morgan fingerprint density at radius 1 is 1.40 bits per heavy atom. The van der Waals surface area contributed by atoms with Crippen LogP contribution in [0.25, 0.3) is 11.5 Å². The molecule has 1 aliphatic heterocycles. The number of rotatable bonds is 4. The van der Waals surface area contributed by atoms with Crippen LogP contribution in [0.3, 0.4) is 0 Å². The smallest absolute Gasteiger partial charge is 0.410 e. The Labute approximate surface area is 172 Å². The molecule has 0 saturated carbocycles. The second kappa shape index (κ2) is 8.49. The van der Waals surface area contributed by atoms with Crippen LogP contribution in [0.15, 0.2) is 28.7 Å². The standard InChI is InChI=1S/C20H22FN5O4/c1-20(2,3)30-19(28)26-11-14(8-15(26)9-21)23-16(27)18-25-24-17(29-18)13-6-4-5-12(7-13)10-22/h4-7,14-15H,8-9,11H2,1-3H3,(H,23,27)/t14-,15+/m1/s1. The third kappa shape index (κ3) is 4.92. The molecule has 3 rings (SSSR count). The van der Waals surface area contributed by atoms with E-state index in [2.05, 4.69) is 15.5 Å². The van der Waals surface area contributed by atoms with Crippen molar-refractivity contribution in [3.05, 3.63) is 35.7 Å². The van der Waals surface area contributed by atoms with Crippen LogP contribution in [0.1, 0.15) is 43.4 Å². The molecule has 1 saturated heterocycles. The van der Waals surface area contributed by atoms with Crippen LogP contribution in [-0.4, -0.2) is 58.0 Å². The highest BCUT2D eigenvalue weighted by atomic mass is 19.1. The predicted octanol–water partition coefficient (Wildman–Crippen LogP) is 2.69. The quantitative estimate of drug-likeness (QED) is 0.815. The summed E-state index contributed by atoms with van der Waals surface area (Å²) in [5.74, 6) is -0.792. The van der Waals surface area contributed by atoms with Gasteiger partial charge in [0.1, 0.15) is 12.3 Å². The van der Waals surface area contributed by atoms with Gasteiger partial charge in [0, 0.05) is 18.2 Å². The van der Waals surface area contributed by atoms with Crippen molar-refractivity contribution in [2.24, 2.45) is 0 Å². The van der Waals surface area contributed by atoms with Crippen molar-refractivity contribution in [1.82, 2.24) is 20.4 Å². The van der Waals surface area contributed by atoms with Gasteiger partial charge < -0.3 is 19.4 Å². The summed E-state index contributed by atoms with van der Waals surface area (Å²) in [4.78, 5) is 26.1. The molecule has 9 nitrogen and oxygen atoms in total. The summed E-state index contributed by atoms with van der Waals surface area (Å²) in [6, 6.07) is 7.38. The van der Waals surface area contributed by atoms with E-state index in [0.29, 0.717) is 11.1 Å². The van der Waals surface area contributed by atoms with Crippen LogP contribution in [0.2, 0.25) is 0 Å². The number of benzene rings is 1. The lowest BCUT2D eigenvalue weighted by Gasteiger charge is -2.27. The minimum Gasteiger partial charge on any atom is -0.444 e. The van der Waals surface area contributed by atoms with E-state index < -0.39 is 36.4 Å². The van der Waals surface area contributed by atoms with E-state index in [4.69, 9.17) is 14.4 Å². The van der Waals surface area contributed by atoms with Gasteiger partial charge in [-0.25, -0.2) is 9.18 Å². The molecule has 1 aliphatic rings. The second-order valence-electron chi connectivity index (χ2n) is 7.95. The first-order valence-corrected chi connectivity index (χ1v) is 9.40. The summed E-state index contributed by atoms with van der Waals surface area (Å²) < 4.78 is 24.1. The Hall–Kier alpha value is -3.48. The zero-order valence-electron chi connectivity index (χ0n) is 16.9. The van der Waals surface area contributed by atoms with Gasteiger partial charge in [0.15, 0.2) is 0 Å². The number of nitrogens with zero attached hydrogens (tertiary/aromatic N) is 4. The van der Waals surface area contributed by atoms with Crippen molar-refractivity contribution in [2.45, 2.75) is 44.9 Å². The van der Waals surface area contributed by atoms with Crippen molar-refractivity contribution in [3.63, 3.8) is 0 Å². The number of amides is 2. The molecular formula is C20H22FN5O4. The molecule has 0 aliphatic carbocycles. The summed E-state index contributed by atoms with van der Waals surface area (Å²) in [5.41, 5.74) is 0.222.